The maximum atomic E-state index is 14.6. The second kappa shape index (κ2) is 8.99. The highest BCUT2D eigenvalue weighted by molar-refractivity contribution is 6.00. The molecular formula is C27H26FN5O. The van der Waals surface area contributed by atoms with Gasteiger partial charge < -0.3 is 10.1 Å². The van der Waals surface area contributed by atoms with Gasteiger partial charge in [-0.25, -0.2) is 9.37 Å². The fourth-order valence-corrected chi connectivity index (χ4v) is 5.03. The highest BCUT2D eigenvalue weighted by atomic mass is 19.1. The SMILES string of the molecule is Fc1ccc2c(c1CNc1ncc(-c3ccc(CN4CCCC4)cc3)c3cnncc13)CCO2. The van der Waals surface area contributed by atoms with Gasteiger partial charge in [-0.05, 0) is 49.2 Å². The second-order valence-corrected chi connectivity index (χ2v) is 8.97. The van der Waals surface area contributed by atoms with Crippen LogP contribution in [0.15, 0.2) is 55.0 Å². The molecule has 0 spiro atoms. The number of anilines is 1. The number of pyridine rings is 1. The smallest absolute Gasteiger partial charge is 0.135 e. The van der Waals surface area contributed by atoms with Gasteiger partial charge in [-0.3, -0.25) is 4.90 Å². The minimum absolute atomic E-state index is 0.230. The maximum Gasteiger partial charge on any atom is 0.135 e. The Bertz CT molecular complexity index is 1340. The van der Waals surface area contributed by atoms with Crippen molar-refractivity contribution in [1.29, 1.82) is 0 Å². The van der Waals surface area contributed by atoms with Gasteiger partial charge in [-0.2, -0.15) is 10.2 Å². The number of aromatic nitrogens is 3. The minimum Gasteiger partial charge on any atom is -0.493 e. The van der Waals surface area contributed by atoms with Gasteiger partial charge in [0.15, 0.2) is 0 Å². The third-order valence-corrected chi connectivity index (χ3v) is 6.84. The zero-order valence-electron chi connectivity index (χ0n) is 18.9. The Hall–Kier alpha value is -3.58. The maximum absolute atomic E-state index is 14.6. The topological polar surface area (TPSA) is 63.2 Å². The van der Waals surface area contributed by atoms with Gasteiger partial charge >= 0.3 is 0 Å². The molecule has 1 saturated heterocycles. The fraction of sp³-hybridized carbons (Fsp3) is 0.296. The summed E-state index contributed by atoms with van der Waals surface area (Å²) >= 11 is 0. The molecule has 0 bridgehead atoms. The number of benzene rings is 2. The molecule has 0 atom stereocenters. The third kappa shape index (κ3) is 3.96. The zero-order valence-corrected chi connectivity index (χ0v) is 18.9. The Morgan fingerprint density at radius 3 is 2.56 bits per heavy atom. The van der Waals surface area contributed by atoms with E-state index in [0.29, 0.717) is 24.5 Å². The summed E-state index contributed by atoms with van der Waals surface area (Å²) in [6.07, 6.45) is 8.65. The molecule has 2 aromatic heterocycles. The summed E-state index contributed by atoms with van der Waals surface area (Å²) in [5.74, 6) is 1.20. The van der Waals surface area contributed by atoms with Gasteiger partial charge in [0, 0.05) is 53.2 Å². The predicted octanol–water partition coefficient (Wildman–Crippen LogP) is 4.97. The molecule has 2 aliphatic rings. The Balaban J connectivity index is 1.27. The number of likely N-dealkylation sites (tertiary alicyclic amines) is 1. The van der Waals surface area contributed by atoms with Crippen LogP contribution in [0, 0.1) is 5.82 Å². The standard InChI is InChI=1S/C27H26FN5O/c28-25-7-8-26-20(9-12-34-26)23(25)14-30-27-24-16-32-31-15-22(24)21(13-29-27)19-5-3-18(4-6-19)17-33-10-1-2-11-33/h3-8,13,15-16H,1-2,9-12,14,17H2,(H,29,30). The molecule has 4 heterocycles. The number of nitrogens with one attached hydrogen (secondary N) is 1. The first-order chi connectivity index (χ1) is 16.8. The number of ether oxygens (including phenoxy) is 1. The lowest BCUT2D eigenvalue weighted by atomic mass is 10.0. The van der Waals surface area contributed by atoms with Crippen LogP contribution in [0.25, 0.3) is 21.9 Å². The van der Waals surface area contributed by atoms with Crippen molar-refractivity contribution in [2.24, 2.45) is 0 Å². The molecule has 0 radical (unpaired) electrons. The van der Waals surface area contributed by atoms with E-state index < -0.39 is 0 Å². The Kier molecular flexibility index (Phi) is 5.55. The van der Waals surface area contributed by atoms with Crippen molar-refractivity contribution in [2.45, 2.75) is 32.4 Å². The van der Waals surface area contributed by atoms with Crippen molar-refractivity contribution in [3.8, 4) is 16.9 Å². The van der Waals surface area contributed by atoms with Gasteiger partial charge in [0.25, 0.3) is 0 Å². The first-order valence-electron chi connectivity index (χ1n) is 11.8. The summed E-state index contributed by atoms with van der Waals surface area (Å²) < 4.78 is 20.2. The Labute approximate surface area is 197 Å². The van der Waals surface area contributed by atoms with E-state index in [0.717, 1.165) is 46.2 Å². The molecule has 172 valence electrons. The van der Waals surface area contributed by atoms with E-state index in [9.17, 15) is 4.39 Å². The predicted molar refractivity (Wildman–Crippen MR) is 130 cm³/mol. The number of hydrogen-bond donors (Lipinski definition) is 1. The highest BCUT2D eigenvalue weighted by Crippen LogP contribution is 2.33. The lowest BCUT2D eigenvalue weighted by molar-refractivity contribution is 0.331. The van der Waals surface area contributed by atoms with E-state index in [-0.39, 0.29) is 5.82 Å². The van der Waals surface area contributed by atoms with Crippen LogP contribution in [0.2, 0.25) is 0 Å². The van der Waals surface area contributed by atoms with Crippen molar-refractivity contribution in [2.75, 3.05) is 25.0 Å². The van der Waals surface area contributed by atoms with Gasteiger partial charge in [0.1, 0.15) is 17.4 Å². The van der Waals surface area contributed by atoms with Crippen molar-refractivity contribution in [3.63, 3.8) is 0 Å². The van der Waals surface area contributed by atoms with Crippen LogP contribution in [-0.2, 0) is 19.5 Å². The van der Waals surface area contributed by atoms with Gasteiger partial charge in [-0.15, -0.1) is 0 Å². The zero-order chi connectivity index (χ0) is 22.9. The molecule has 2 aliphatic heterocycles. The monoisotopic (exact) mass is 455 g/mol. The van der Waals surface area contributed by atoms with Crippen molar-refractivity contribution in [1.82, 2.24) is 20.1 Å². The molecule has 6 rings (SSSR count). The summed E-state index contributed by atoms with van der Waals surface area (Å²) in [6.45, 7) is 4.29. The average molecular weight is 456 g/mol. The van der Waals surface area contributed by atoms with Crippen molar-refractivity contribution >= 4 is 16.6 Å². The number of fused-ring (bicyclic) bond motifs is 2. The molecule has 0 saturated carbocycles. The van der Waals surface area contributed by atoms with Crippen LogP contribution >= 0.6 is 0 Å². The van der Waals surface area contributed by atoms with Gasteiger partial charge in [-0.1, -0.05) is 24.3 Å². The molecule has 0 unspecified atom stereocenters. The highest BCUT2D eigenvalue weighted by Gasteiger charge is 2.20. The summed E-state index contributed by atoms with van der Waals surface area (Å²) in [4.78, 5) is 7.19. The van der Waals surface area contributed by atoms with E-state index in [1.165, 1.54) is 37.6 Å². The lowest BCUT2D eigenvalue weighted by Gasteiger charge is -2.15. The van der Waals surface area contributed by atoms with Crippen molar-refractivity contribution in [3.05, 3.63) is 77.5 Å². The molecule has 0 amide bonds. The van der Waals surface area contributed by atoms with E-state index in [1.54, 1.807) is 18.5 Å². The van der Waals surface area contributed by atoms with E-state index in [2.05, 4.69) is 49.7 Å². The molecular weight excluding hydrogens is 429 g/mol. The van der Waals surface area contributed by atoms with Crippen LogP contribution in [-0.4, -0.2) is 39.8 Å². The Morgan fingerprint density at radius 1 is 0.941 bits per heavy atom. The summed E-state index contributed by atoms with van der Waals surface area (Å²) in [6, 6.07) is 11.9. The lowest BCUT2D eigenvalue weighted by Crippen LogP contribution is -2.18. The number of hydrogen-bond acceptors (Lipinski definition) is 6. The van der Waals surface area contributed by atoms with Crippen LogP contribution in [0.4, 0.5) is 10.2 Å². The normalized spacial score (nSPS) is 15.4. The number of nitrogens with zero attached hydrogens (tertiary/aromatic N) is 4. The van der Waals surface area contributed by atoms with Gasteiger partial charge in [0.05, 0.1) is 19.0 Å². The largest absolute Gasteiger partial charge is 0.493 e. The quantitative estimate of drug-likeness (QED) is 0.443. The third-order valence-electron chi connectivity index (χ3n) is 6.84. The molecule has 1 fully saturated rings. The Morgan fingerprint density at radius 2 is 1.74 bits per heavy atom. The molecule has 4 aromatic rings. The molecule has 0 aliphatic carbocycles. The van der Waals surface area contributed by atoms with E-state index in [4.69, 9.17) is 4.74 Å². The minimum atomic E-state index is -0.230. The molecule has 7 heteroatoms. The van der Waals surface area contributed by atoms with Crippen LogP contribution in [0.1, 0.15) is 29.5 Å². The molecule has 34 heavy (non-hydrogen) atoms. The van der Waals surface area contributed by atoms with Crippen molar-refractivity contribution < 1.29 is 9.13 Å². The number of rotatable bonds is 6. The fourth-order valence-electron chi connectivity index (χ4n) is 5.03. The first kappa shape index (κ1) is 21.0. The summed E-state index contributed by atoms with van der Waals surface area (Å²) in [7, 11) is 0. The molecule has 6 nitrogen and oxygen atoms in total. The summed E-state index contributed by atoms with van der Waals surface area (Å²) in [5, 5.41) is 13.3. The molecule has 2 aromatic carbocycles. The number of halogens is 1. The first-order valence-corrected chi connectivity index (χ1v) is 11.8. The van der Waals surface area contributed by atoms with Crippen LogP contribution in [0.3, 0.4) is 0 Å². The van der Waals surface area contributed by atoms with Gasteiger partial charge in [0.2, 0.25) is 0 Å². The molecule has 1 N–H and O–H groups in total. The van der Waals surface area contributed by atoms with E-state index >= 15 is 0 Å². The van der Waals surface area contributed by atoms with E-state index in [1.807, 2.05) is 6.20 Å². The summed E-state index contributed by atoms with van der Waals surface area (Å²) in [5.41, 5.74) is 4.98. The second-order valence-electron chi connectivity index (χ2n) is 8.97. The average Bonchev–Trinajstić information content (AvgIpc) is 3.56. The van der Waals surface area contributed by atoms with Crippen LogP contribution < -0.4 is 10.1 Å². The van der Waals surface area contributed by atoms with Crippen LogP contribution in [0.5, 0.6) is 5.75 Å².